The van der Waals surface area contributed by atoms with Crippen LogP contribution in [0.15, 0.2) is 23.4 Å². The number of hydrogen-bond donors (Lipinski definition) is 3. The molecule has 1 atom stereocenters. The summed E-state index contributed by atoms with van der Waals surface area (Å²) in [5, 5.41) is 14.9. The molecule has 1 aromatic rings. The normalized spacial score (nSPS) is 19.8. The lowest BCUT2D eigenvalue weighted by atomic mass is 10.1. The van der Waals surface area contributed by atoms with Crippen molar-refractivity contribution in [2.45, 2.75) is 13.0 Å². The van der Waals surface area contributed by atoms with Crippen LogP contribution >= 0.6 is 0 Å². The van der Waals surface area contributed by atoms with Crippen LogP contribution in [0.2, 0.25) is 0 Å². The molecule has 1 aliphatic heterocycles. The number of halogens is 1. The van der Waals surface area contributed by atoms with Gasteiger partial charge in [-0.05, 0) is 30.0 Å². The van der Waals surface area contributed by atoms with E-state index < -0.39 is 5.82 Å². The largest absolute Gasteiger partial charge is 0.409 e. The third-order valence-corrected chi connectivity index (χ3v) is 3.23. The molecule has 1 fully saturated rings. The quantitative estimate of drug-likeness (QED) is 0.322. The average Bonchev–Trinajstić information content (AvgIpc) is 2.92. The van der Waals surface area contributed by atoms with Gasteiger partial charge in [0.05, 0.1) is 6.61 Å². The highest BCUT2D eigenvalue weighted by molar-refractivity contribution is 5.98. The van der Waals surface area contributed by atoms with E-state index in [0.717, 1.165) is 31.7 Å². The summed E-state index contributed by atoms with van der Waals surface area (Å²) in [6.45, 7) is 2.98. The van der Waals surface area contributed by atoms with Gasteiger partial charge in [0.15, 0.2) is 5.84 Å². The first-order valence-electron chi connectivity index (χ1n) is 6.25. The lowest BCUT2D eigenvalue weighted by Gasteiger charge is -2.12. The van der Waals surface area contributed by atoms with E-state index in [1.807, 2.05) is 0 Å². The number of nitrogens with two attached hydrogens (primary N) is 1. The molecule has 1 unspecified atom stereocenters. The van der Waals surface area contributed by atoms with Crippen LogP contribution in [0.4, 0.5) is 4.39 Å². The van der Waals surface area contributed by atoms with Crippen LogP contribution < -0.4 is 11.1 Å². The fourth-order valence-corrected chi connectivity index (χ4v) is 2.15. The van der Waals surface area contributed by atoms with Crippen molar-refractivity contribution in [3.05, 3.63) is 35.1 Å². The highest BCUT2D eigenvalue weighted by atomic mass is 19.1. The van der Waals surface area contributed by atoms with E-state index in [1.165, 1.54) is 12.1 Å². The van der Waals surface area contributed by atoms with E-state index in [0.29, 0.717) is 18.0 Å². The van der Waals surface area contributed by atoms with Crippen molar-refractivity contribution < 1.29 is 14.3 Å². The minimum atomic E-state index is -0.408. The smallest absolute Gasteiger partial charge is 0.170 e. The van der Waals surface area contributed by atoms with E-state index >= 15 is 0 Å². The molecule has 0 bridgehead atoms. The van der Waals surface area contributed by atoms with Gasteiger partial charge in [-0.15, -0.1) is 0 Å². The molecule has 0 saturated carbocycles. The summed E-state index contributed by atoms with van der Waals surface area (Å²) in [6.07, 6.45) is 1.06. The summed E-state index contributed by atoms with van der Waals surface area (Å²) < 4.78 is 18.5. The van der Waals surface area contributed by atoms with Crippen LogP contribution in [0.3, 0.4) is 0 Å². The monoisotopic (exact) mass is 267 g/mol. The third-order valence-electron chi connectivity index (χ3n) is 3.23. The SMILES string of the molecule is NC(=NO)c1cc(F)ccc1CNCC1CCOC1. The van der Waals surface area contributed by atoms with Gasteiger partial charge in [-0.3, -0.25) is 0 Å². The Morgan fingerprint density at radius 2 is 2.42 bits per heavy atom. The summed E-state index contributed by atoms with van der Waals surface area (Å²) in [7, 11) is 0. The molecule has 1 aromatic carbocycles. The molecular formula is C13H18FN3O2. The van der Waals surface area contributed by atoms with E-state index in [4.69, 9.17) is 15.7 Å². The Labute approximate surface area is 111 Å². The Balaban J connectivity index is 1.98. The van der Waals surface area contributed by atoms with Gasteiger partial charge in [-0.1, -0.05) is 11.2 Å². The Morgan fingerprint density at radius 3 is 3.11 bits per heavy atom. The van der Waals surface area contributed by atoms with Gasteiger partial charge in [0.25, 0.3) is 0 Å². The Bertz CT molecular complexity index is 459. The first-order valence-corrected chi connectivity index (χ1v) is 6.25. The number of nitrogens with one attached hydrogen (secondary N) is 1. The first kappa shape index (κ1) is 13.8. The van der Waals surface area contributed by atoms with Crippen LogP contribution in [-0.4, -0.2) is 30.8 Å². The zero-order valence-corrected chi connectivity index (χ0v) is 10.6. The summed E-state index contributed by atoms with van der Waals surface area (Å²) in [5.41, 5.74) is 6.76. The van der Waals surface area contributed by atoms with Gasteiger partial charge in [0.1, 0.15) is 5.82 Å². The maximum atomic E-state index is 13.2. The molecular weight excluding hydrogens is 249 g/mol. The molecule has 19 heavy (non-hydrogen) atoms. The standard InChI is InChI=1S/C13H18FN3O2/c14-11-2-1-10(12(5-11)13(15)17-18)7-16-6-9-3-4-19-8-9/h1-2,5,9,16,18H,3-4,6-8H2,(H2,15,17). The van der Waals surface area contributed by atoms with Gasteiger partial charge in [0.2, 0.25) is 0 Å². The molecule has 4 N–H and O–H groups in total. The van der Waals surface area contributed by atoms with Gasteiger partial charge < -0.3 is 21.0 Å². The number of rotatable bonds is 5. The van der Waals surface area contributed by atoms with Crippen LogP contribution in [0.1, 0.15) is 17.5 Å². The topological polar surface area (TPSA) is 79.9 Å². The maximum absolute atomic E-state index is 13.2. The Kier molecular flexibility index (Phi) is 4.70. The first-order chi connectivity index (χ1) is 9.20. The lowest BCUT2D eigenvalue weighted by molar-refractivity contribution is 0.185. The van der Waals surface area contributed by atoms with Crippen molar-refractivity contribution in [1.82, 2.24) is 5.32 Å². The third kappa shape index (κ3) is 3.65. The molecule has 0 aromatic heterocycles. The molecule has 6 heteroatoms. The summed E-state index contributed by atoms with van der Waals surface area (Å²) in [4.78, 5) is 0. The Hall–Kier alpha value is -1.66. The number of amidine groups is 1. The molecule has 104 valence electrons. The number of nitrogens with zero attached hydrogens (tertiary/aromatic N) is 1. The van der Waals surface area contributed by atoms with E-state index in [2.05, 4.69) is 10.5 Å². The maximum Gasteiger partial charge on any atom is 0.170 e. The second kappa shape index (κ2) is 6.49. The predicted octanol–water partition coefficient (Wildman–Crippen LogP) is 1.05. The number of oxime groups is 1. The molecule has 5 nitrogen and oxygen atoms in total. The van der Waals surface area contributed by atoms with Crippen molar-refractivity contribution in [3.63, 3.8) is 0 Å². The molecule has 0 spiro atoms. The van der Waals surface area contributed by atoms with Crippen molar-refractivity contribution in [2.24, 2.45) is 16.8 Å². The minimum Gasteiger partial charge on any atom is -0.409 e. The molecule has 0 amide bonds. The zero-order valence-electron chi connectivity index (χ0n) is 10.6. The van der Waals surface area contributed by atoms with Gasteiger partial charge in [-0.25, -0.2) is 4.39 Å². The Morgan fingerprint density at radius 1 is 1.58 bits per heavy atom. The molecule has 1 saturated heterocycles. The molecule has 2 rings (SSSR count). The van der Waals surface area contributed by atoms with Crippen molar-refractivity contribution in [3.8, 4) is 0 Å². The van der Waals surface area contributed by atoms with E-state index in [9.17, 15) is 4.39 Å². The lowest BCUT2D eigenvalue weighted by Crippen LogP contribution is -2.25. The predicted molar refractivity (Wildman–Crippen MR) is 69.5 cm³/mol. The summed E-state index contributed by atoms with van der Waals surface area (Å²) in [6, 6.07) is 4.27. The van der Waals surface area contributed by atoms with Crippen LogP contribution in [0.25, 0.3) is 0 Å². The summed E-state index contributed by atoms with van der Waals surface area (Å²) in [5.74, 6) is 0.0304. The van der Waals surface area contributed by atoms with Crippen LogP contribution in [0.5, 0.6) is 0 Å². The second-order valence-corrected chi connectivity index (χ2v) is 4.65. The average molecular weight is 267 g/mol. The highest BCUT2D eigenvalue weighted by Crippen LogP contribution is 2.13. The van der Waals surface area contributed by atoms with Crippen LogP contribution in [-0.2, 0) is 11.3 Å². The van der Waals surface area contributed by atoms with Crippen molar-refractivity contribution in [2.75, 3.05) is 19.8 Å². The minimum absolute atomic E-state index is 0.0829. The van der Waals surface area contributed by atoms with Crippen molar-refractivity contribution >= 4 is 5.84 Å². The fourth-order valence-electron chi connectivity index (χ4n) is 2.15. The van der Waals surface area contributed by atoms with E-state index in [-0.39, 0.29) is 5.84 Å². The van der Waals surface area contributed by atoms with Gasteiger partial charge in [-0.2, -0.15) is 0 Å². The summed E-state index contributed by atoms with van der Waals surface area (Å²) >= 11 is 0. The number of hydrogen-bond acceptors (Lipinski definition) is 4. The second-order valence-electron chi connectivity index (χ2n) is 4.65. The number of benzene rings is 1. The molecule has 0 radical (unpaired) electrons. The van der Waals surface area contributed by atoms with Gasteiger partial charge in [0, 0.05) is 25.3 Å². The van der Waals surface area contributed by atoms with E-state index in [1.54, 1.807) is 6.07 Å². The molecule has 0 aliphatic carbocycles. The van der Waals surface area contributed by atoms with Crippen LogP contribution in [0, 0.1) is 11.7 Å². The van der Waals surface area contributed by atoms with Gasteiger partial charge >= 0.3 is 0 Å². The molecule has 1 heterocycles. The highest BCUT2D eigenvalue weighted by Gasteiger charge is 2.15. The number of ether oxygens (including phenoxy) is 1. The van der Waals surface area contributed by atoms with Crippen molar-refractivity contribution in [1.29, 1.82) is 0 Å². The fraction of sp³-hybridized carbons (Fsp3) is 0.462. The zero-order chi connectivity index (χ0) is 13.7. The molecule has 1 aliphatic rings.